The van der Waals surface area contributed by atoms with Crippen molar-refractivity contribution in [3.05, 3.63) is 11.8 Å². The predicted molar refractivity (Wildman–Crippen MR) is 55.0 cm³/mol. The Morgan fingerprint density at radius 2 is 2.07 bits per heavy atom. The topological polar surface area (TPSA) is 73.1 Å². The van der Waals surface area contributed by atoms with E-state index in [0.29, 0.717) is 11.8 Å². The fourth-order valence-electron chi connectivity index (χ4n) is 0.889. The van der Waals surface area contributed by atoms with Gasteiger partial charge in [-0.1, -0.05) is 0 Å². The molecule has 0 unspecified atom stereocenters. The van der Waals surface area contributed by atoms with Crippen molar-refractivity contribution in [3.63, 3.8) is 0 Å². The van der Waals surface area contributed by atoms with Gasteiger partial charge in [0.15, 0.2) is 0 Å². The monoisotopic (exact) mass is 196 g/mol. The van der Waals surface area contributed by atoms with Crippen LogP contribution >= 0.6 is 0 Å². The van der Waals surface area contributed by atoms with Gasteiger partial charge in [-0.2, -0.15) is 4.98 Å². The molecule has 0 radical (unpaired) electrons. The molecule has 0 bridgehead atoms. The van der Waals surface area contributed by atoms with Crippen molar-refractivity contribution < 1.29 is 4.74 Å². The average Bonchev–Trinajstić information content (AvgIpc) is 2.06. The largest absolute Gasteiger partial charge is 0.472 e. The van der Waals surface area contributed by atoms with E-state index in [1.807, 2.05) is 27.7 Å². The van der Waals surface area contributed by atoms with E-state index in [1.165, 1.54) is 0 Å². The number of nitrogens with two attached hydrogens (primary N) is 1. The Balaban J connectivity index is 2.95. The first-order chi connectivity index (χ1) is 6.42. The zero-order valence-electron chi connectivity index (χ0n) is 8.96. The van der Waals surface area contributed by atoms with Crippen LogP contribution in [0.4, 0.5) is 5.95 Å². The van der Waals surface area contributed by atoms with E-state index in [0.717, 1.165) is 5.56 Å². The van der Waals surface area contributed by atoms with Gasteiger partial charge in [-0.05, 0) is 27.7 Å². The number of nitrogens with zero attached hydrogens (tertiary/aromatic N) is 2. The minimum atomic E-state index is -0.273. The van der Waals surface area contributed by atoms with Gasteiger partial charge in [0.25, 0.3) is 0 Å². The minimum Gasteiger partial charge on any atom is -0.472 e. The van der Waals surface area contributed by atoms with Gasteiger partial charge in [0.2, 0.25) is 11.8 Å². The third-order valence-corrected chi connectivity index (χ3v) is 1.46. The SMILES string of the molecule is Cc1cnc(NN)nc1OC(C)(C)C. The van der Waals surface area contributed by atoms with E-state index in [4.69, 9.17) is 10.6 Å². The molecule has 3 N–H and O–H groups in total. The van der Waals surface area contributed by atoms with Gasteiger partial charge < -0.3 is 4.74 Å². The summed E-state index contributed by atoms with van der Waals surface area (Å²) in [6.45, 7) is 7.78. The molecule has 0 amide bonds. The van der Waals surface area contributed by atoms with Crippen molar-refractivity contribution in [3.8, 4) is 5.88 Å². The number of aromatic nitrogens is 2. The molecule has 1 aromatic rings. The van der Waals surface area contributed by atoms with Gasteiger partial charge in [-0.15, -0.1) is 0 Å². The highest BCUT2D eigenvalue weighted by Crippen LogP contribution is 2.20. The Kier molecular flexibility index (Phi) is 2.90. The van der Waals surface area contributed by atoms with Crippen LogP contribution in [-0.4, -0.2) is 15.6 Å². The normalized spacial score (nSPS) is 11.2. The molecule has 0 saturated carbocycles. The summed E-state index contributed by atoms with van der Waals surface area (Å²) < 4.78 is 5.63. The summed E-state index contributed by atoms with van der Waals surface area (Å²) in [6.07, 6.45) is 1.67. The lowest BCUT2D eigenvalue weighted by molar-refractivity contribution is 0.123. The second kappa shape index (κ2) is 3.79. The van der Waals surface area contributed by atoms with Crippen molar-refractivity contribution >= 4 is 5.95 Å². The number of nitrogen functional groups attached to an aromatic ring is 1. The second-order valence-electron chi connectivity index (χ2n) is 4.04. The summed E-state index contributed by atoms with van der Waals surface area (Å²) in [4.78, 5) is 8.07. The summed E-state index contributed by atoms with van der Waals surface area (Å²) in [5.74, 6) is 6.11. The zero-order valence-corrected chi connectivity index (χ0v) is 8.96. The van der Waals surface area contributed by atoms with E-state index in [9.17, 15) is 0 Å². The fourth-order valence-corrected chi connectivity index (χ4v) is 0.889. The summed E-state index contributed by atoms with van der Waals surface area (Å²) in [7, 11) is 0. The van der Waals surface area contributed by atoms with Crippen molar-refractivity contribution in [1.29, 1.82) is 0 Å². The van der Waals surface area contributed by atoms with Crippen LogP contribution in [0.5, 0.6) is 5.88 Å². The van der Waals surface area contributed by atoms with Gasteiger partial charge in [0.1, 0.15) is 5.60 Å². The van der Waals surface area contributed by atoms with E-state index in [-0.39, 0.29) is 5.60 Å². The zero-order chi connectivity index (χ0) is 10.8. The molecule has 0 aliphatic heterocycles. The van der Waals surface area contributed by atoms with Gasteiger partial charge >= 0.3 is 0 Å². The highest BCUT2D eigenvalue weighted by atomic mass is 16.5. The first-order valence-corrected chi connectivity index (χ1v) is 4.41. The van der Waals surface area contributed by atoms with Crippen molar-refractivity contribution in [1.82, 2.24) is 9.97 Å². The van der Waals surface area contributed by atoms with Crippen LogP contribution in [0, 0.1) is 6.92 Å². The number of rotatable bonds is 2. The predicted octanol–water partition coefficient (Wildman–Crippen LogP) is 1.25. The van der Waals surface area contributed by atoms with Gasteiger partial charge in [0, 0.05) is 11.8 Å². The molecular weight excluding hydrogens is 180 g/mol. The summed E-state index contributed by atoms with van der Waals surface area (Å²) in [6, 6.07) is 0. The first-order valence-electron chi connectivity index (χ1n) is 4.41. The van der Waals surface area contributed by atoms with E-state index in [1.54, 1.807) is 6.20 Å². The smallest absolute Gasteiger partial charge is 0.240 e. The minimum absolute atomic E-state index is 0.273. The van der Waals surface area contributed by atoms with Crippen LogP contribution in [-0.2, 0) is 0 Å². The molecule has 0 aliphatic rings. The molecule has 0 aliphatic carbocycles. The van der Waals surface area contributed by atoms with Crippen molar-refractivity contribution in [2.24, 2.45) is 5.84 Å². The number of nitrogens with one attached hydrogen (secondary N) is 1. The Bertz CT molecular complexity index is 319. The van der Waals surface area contributed by atoms with Crippen LogP contribution in [0.3, 0.4) is 0 Å². The number of aryl methyl sites for hydroxylation is 1. The second-order valence-corrected chi connectivity index (χ2v) is 4.04. The maximum atomic E-state index is 5.63. The number of hydrogen-bond acceptors (Lipinski definition) is 5. The molecule has 14 heavy (non-hydrogen) atoms. The van der Waals surface area contributed by atoms with Crippen LogP contribution in [0.25, 0.3) is 0 Å². The fraction of sp³-hybridized carbons (Fsp3) is 0.556. The third kappa shape index (κ3) is 2.85. The molecule has 1 aromatic heterocycles. The Morgan fingerprint density at radius 3 is 2.57 bits per heavy atom. The molecule has 5 heteroatoms. The summed E-state index contributed by atoms with van der Waals surface area (Å²) >= 11 is 0. The Labute approximate surface area is 83.7 Å². The van der Waals surface area contributed by atoms with Crippen LogP contribution in [0.1, 0.15) is 26.3 Å². The lowest BCUT2D eigenvalue weighted by Gasteiger charge is -2.21. The van der Waals surface area contributed by atoms with Gasteiger partial charge in [0.05, 0.1) is 0 Å². The molecule has 0 spiro atoms. The molecule has 1 heterocycles. The van der Waals surface area contributed by atoms with Crippen molar-refractivity contribution in [2.45, 2.75) is 33.3 Å². The maximum absolute atomic E-state index is 5.63. The number of ether oxygens (including phenoxy) is 1. The highest BCUT2D eigenvalue weighted by Gasteiger charge is 2.15. The van der Waals surface area contributed by atoms with E-state index < -0.39 is 0 Å². The quantitative estimate of drug-likeness (QED) is 0.550. The van der Waals surface area contributed by atoms with Crippen LogP contribution in [0.15, 0.2) is 6.20 Å². The molecule has 78 valence electrons. The van der Waals surface area contributed by atoms with Crippen LogP contribution in [0.2, 0.25) is 0 Å². The number of hydrogen-bond donors (Lipinski definition) is 2. The molecule has 0 fully saturated rings. The average molecular weight is 196 g/mol. The molecule has 5 nitrogen and oxygen atoms in total. The molecule has 0 atom stereocenters. The lowest BCUT2D eigenvalue weighted by Crippen LogP contribution is -2.24. The third-order valence-electron chi connectivity index (χ3n) is 1.46. The Hall–Kier alpha value is -1.36. The number of hydrazine groups is 1. The van der Waals surface area contributed by atoms with Gasteiger partial charge in [-0.25, -0.2) is 10.8 Å². The lowest BCUT2D eigenvalue weighted by atomic mass is 10.2. The highest BCUT2D eigenvalue weighted by molar-refractivity contribution is 5.31. The first kappa shape index (κ1) is 10.7. The Morgan fingerprint density at radius 1 is 1.43 bits per heavy atom. The molecule has 0 aromatic carbocycles. The standard InChI is InChI=1S/C9H16N4O/c1-6-5-11-8(13-10)12-7(6)14-9(2,3)4/h5H,10H2,1-4H3,(H,11,12,13). The number of anilines is 1. The van der Waals surface area contributed by atoms with Crippen LogP contribution < -0.4 is 16.0 Å². The molecule has 1 rings (SSSR count). The summed E-state index contributed by atoms with van der Waals surface area (Å²) in [5.41, 5.74) is 2.99. The maximum Gasteiger partial charge on any atom is 0.240 e. The van der Waals surface area contributed by atoms with Crippen molar-refractivity contribution in [2.75, 3.05) is 5.43 Å². The summed E-state index contributed by atoms with van der Waals surface area (Å²) in [5, 5.41) is 0. The van der Waals surface area contributed by atoms with E-state index in [2.05, 4.69) is 15.4 Å². The van der Waals surface area contributed by atoms with Gasteiger partial charge in [-0.3, -0.25) is 5.43 Å². The molecule has 0 saturated heterocycles. The van der Waals surface area contributed by atoms with E-state index >= 15 is 0 Å². The molecular formula is C9H16N4O.